The van der Waals surface area contributed by atoms with Gasteiger partial charge in [0.1, 0.15) is 18.2 Å². The Morgan fingerprint density at radius 3 is 2.54 bits per heavy atom. The summed E-state index contributed by atoms with van der Waals surface area (Å²) in [4.78, 5) is 0.678. The zero-order valence-electron chi connectivity index (χ0n) is 12.2. The van der Waals surface area contributed by atoms with Gasteiger partial charge in [0.2, 0.25) is 4.96 Å². The predicted octanol–water partition coefficient (Wildman–Crippen LogP) is 4.22. The fraction of sp³-hybridized carbons (Fsp3) is 0.0625. The van der Waals surface area contributed by atoms with Crippen LogP contribution in [-0.2, 0) is 6.61 Å². The van der Waals surface area contributed by atoms with Crippen molar-refractivity contribution in [1.82, 2.24) is 19.8 Å². The van der Waals surface area contributed by atoms with Crippen molar-refractivity contribution in [3.8, 4) is 17.1 Å². The van der Waals surface area contributed by atoms with Crippen molar-refractivity contribution in [2.75, 3.05) is 0 Å². The molecule has 0 aliphatic carbocycles. The molecular weight excluding hydrogens is 351 g/mol. The summed E-state index contributed by atoms with van der Waals surface area (Å²) in [5, 5.41) is 14.2. The fourth-order valence-corrected chi connectivity index (χ4v) is 3.04. The molecule has 0 atom stereocenters. The van der Waals surface area contributed by atoms with E-state index in [0.29, 0.717) is 21.6 Å². The van der Waals surface area contributed by atoms with Crippen molar-refractivity contribution in [2.24, 2.45) is 0 Å². The molecule has 2 heterocycles. The third-order valence-electron chi connectivity index (χ3n) is 3.31. The van der Waals surface area contributed by atoms with E-state index in [1.54, 1.807) is 28.8 Å². The van der Waals surface area contributed by atoms with Gasteiger partial charge in [0.05, 0.1) is 0 Å². The van der Waals surface area contributed by atoms with E-state index in [1.165, 1.54) is 23.5 Å². The number of rotatable bonds is 4. The van der Waals surface area contributed by atoms with Gasteiger partial charge in [-0.1, -0.05) is 22.9 Å². The van der Waals surface area contributed by atoms with Gasteiger partial charge in [-0.2, -0.15) is 9.61 Å². The van der Waals surface area contributed by atoms with E-state index >= 15 is 0 Å². The van der Waals surface area contributed by atoms with E-state index < -0.39 is 0 Å². The molecular formula is C16H10ClFN4OS. The van der Waals surface area contributed by atoms with E-state index in [0.717, 1.165) is 10.6 Å². The molecule has 0 fully saturated rings. The lowest BCUT2D eigenvalue weighted by molar-refractivity contribution is 0.303. The molecule has 0 aliphatic heterocycles. The van der Waals surface area contributed by atoms with Crippen LogP contribution >= 0.6 is 22.9 Å². The Bertz CT molecular complexity index is 982. The molecule has 120 valence electrons. The summed E-state index contributed by atoms with van der Waals surface area (Å²) in [5.74, 6) is 0.931. The van der Waals surface area contributed by atoms with Crippen molar-refractivity contribution in [3.05, 3.63) is 64.4 Å². The Labute approximate surface area is 145 Å². The minimum absolute atomic E-state index is 0.277. The van der Waals surface area contributed by atoms with Gasteiger partial charge >= 0.3 is 0 Å². The van der Waals surface area contributed by atoms with E-state index in [4.69, 9.17) is 16.3 Å². The largest absolute Gasteiger partial charge is 0.486 e. The first-order valence-electron chi connectivity index (χ1n) is 7.04. The molecule has 0 amide bonds. The maximum atomic E-state index is 12.9. The first-order valence-corrected chi connectivity index (χ1v) is 8.24. The number of hydrogen-bond donors (Lipinski definition) is 0. The number of hydrogen-bond acceptors (Lipinski definition) is 5. The number of aromatic nitrogens is 4. The van der Waals surface area contributed by atoms with Crippen molar-refractivity contribution in [1.29, 1.82) is 0 Å². The summed E-state index contributed by atoms with van der Waals surface area (Å²) in [6.45, 7) is 0.277. The lowest BCUT2D eigenvalue weighted by atomic mass is 10.2. The second-order valence-electron chi connectivity index (χ2n) is 4.96. The Morgan fingerprint density at radius 1 is 1.04 bits per heavy atom. The minimum atomic E-state index is -0.297. The van der Waals surface area contributed by atoms with Crippen molar-refractivity contribution in [3.63, 3.8) is 0 Å². The summed E-state index contributed by atoms with van der Waals surface area (Å²) in [6, 6.07) is 13.2. The fourth-order valence-electron chi connectivity index (χ4n) is 2.17. The summed E-state index contributed by atoms with van der Waals surface area (Å²) in [7, 11) is 0. The zero-order chi connectivity index (χ0) is 16.5. The van der Waals surface area contributed by atoms with Crippen molar-refractivity contribution in [2.45, 2.75) is 6.61 Å². The Balaban J connectivity index is 1.57. The molecule has 0 saturated heterocycles. The monoisotopic (exact) mass is 360 g/mol. The van der Waals surface area contributed by atoms with Crippen LogP contribution in [0.5, 0.6) is 5.75 Å². The summed E-state index contributed by atoms with van der Waals surface area (Å²) in [5.41, 5.74) is 0.878. The molecule has 4 rings (SSSR count). The lowest BCUT2D eigenvalue weighted by Gasteiger charge is -2.02. The normalized spacial score (nSPS) is 11.1. The van der Waals surface area contributed by atoms with Crippen LogP contribution < -0.4 is 4.74 Å². The van der Waals surface area contributed by atoms with Gasteiger partial charge in [-0.3, -0.25) is 0 Å². The lowest BCUT2D eigenvalue weighted by Crippen LogP contribution is -1.97. The molecule has 0 unspecified atom stereocenters. The van der Waals surface area contributed by atoms with Crippen molar-refractivity contribution >= 4 is 27.9 Å². The van der Waals surface area contributed by atoms with Crippen LogP contribution in [0.15, 0.2) is 48.5 Å². The molecule has 8 heteroatoms. The second kappa shape index (κ2) is 6.18. The molecule has 4 aromatic rings. The topological polar surface area (TPSA) is 52.3 Å². The molecule has 0 bridgehead atoms. The third-order valence-corrected chi connectivity index (χ3v) is 4.44. The van der Waals surface area contributed by atoms with Gasteiger partial charge in [-0.05, 0) is 48.5 Å². The minimum Gasteiger partial charge on any atom is -0.486 e. The Hall–Kier alpha value is -2.51. The molecule has 2 aromatic heterocycles. The van der Waals surface area contributed by atoms with Crippen LogP contribution in [0.4, 0.5) is 4.39 Å². The SMILES string of the molecule is Fc1ccc(OCc2nn3c(-c4ccc(Cl)cc4)nnc3s2)cc1. The summed E-state index contributed by atoms with van der Waals surface area (Å²) in [6.07, 6.45) is 0. The quantitative estimate of drug-likeness (QED) is 0.546. The highest BCUT2D eigenvalue weighted by Crippen LogP contribution is 2.23. The number of nitrogens with zero attached hydrogens (tertiary/aromatic N) is 4. The second-order valence-corrected chi connectivity index (χ2v) is 6.44. The smallest absolute Gasteiger partial charge is 0.235 e. The van der Waals surface area contributed by atoms with Gasteiger partial charge in [0, 0.05) is 10.6 Å². The predicted molar refractivity (Wildman–Crippen MR) is 89.8 cm³/mol. The Kier molecular flexibility index (Phi) is 3.87. The molecule has 0 saturated carbocycles. The number of fused-ring (bicyclic) bond motifs is 1. The molecule has 0 spiro atoms. The maximum Gasteiger partial charge on any atom is 0.235 e. The average molecular weight is 361 g/mol. The molecule has 24 heavy (non-hydrogen) atoms. The zero-order valence-corrected chi connectivity index (χ0v) is 13.8. The van der Waals surface area contributed by atoms with E-state index in [1.807, 2.05) is 12.1 Å². The standard InChI is InChI=1S/C16H10ClFN4OS/c17-11-3-1-10(2-4-11)15-19-20-16-22(15)21-14(24-16)9-23-13-7-5-12(18)6-8-13/h1-8H,9H2. The van der Waals surface area contributed by atoms with Crippen molar-refractivity contribution < 1.29 is 9.13 Å². The maximum absolute atomic E-state index is 12.9. The molecule has 0 radical (unpaired) electrons. The first-order chi connectivity index (χ1) is 11.7. The van der Waals surface area contributed by atoms with Gasteiger partial charge in [-0.15, -0.1) is 10.2 Å². The third kappa shape index (κ3) is 2.95. The van der Waals surface area contributed by atoms with Gasteiger partial charge in [-0.25, -0.2) is 4.39 Å². The number of ether oxygens (including phenoxy) is 1. The summed E-state index contributed by atoms with van der Waals surface area (Å²) < 4.78 is 20.2. The van der Waals surface area contributed by atoms with E-state index in [9.17, 15) is 4.39 Å². The summed E-state index contributed by atoms with van der Waals surface area (Å²) >= 11 is 7.30. The van der Waals surface area contributed by atoms with Crippen LogP contribution in [-0.4, -0.2) is 19.8 Å². The van der Waals surface area contributed by atoms with Crippen LogP contribution in [0.3, 0.4) is 0 Å². The van der Waals surface area contributed by atoms with E-state index in [-0.39, 0.29) is 12.4 Å². The van der Waals surface area contributed by atoms with Gasteiger partial charge in [0.15, 0.2) is 10.8 Å². The van der Waals surface area contributed by atoms with E-state index in [2.05, 4.69) is 15.3 Å². The molecule has 0 N–H and O–H groups in total. The Morgan fingerprint density at radius 2 is 1.79 bits per heavy atom. The van der Waals surface area contributed by atoms with Crippen LogP contribution in [0, 0.1) is 5.82 Å². The van der Waals surface area contributed by atoms with Gasteiger partial charge in [0.25, 0.3) is 0 Å². The highest BCUT2D eigenvalue weighted by atomic mass is 35.5. The molecule has 0 aliphatic rings. The highest BCUT2D eigenvalue weighted by Gasteiger charge is 2.13. The van der Waals surface area contributed by atoms with Crippen LogP contribution in [0.1, 0.15) is 5.01 Å². The molecule has 2 aromatic carbocycles. The van der Waals surface area contributed by atoms with Crippen LogP contribution in [0.25, 0.3) is 16.3 Å². The average Bonchev–Trinajstić information content (AvgIpc) is 3.15. The molecule has 5 nitrogen and oxygen atoms in total. The number of benzene rings is 2. The van der Waals surface area contributed by atoms with Gasteiger partial charge < -0.3 is 4.74 Å². The van der Waals surface area contributed by atoms with Crippen LogP contribution in [0.2, 0.25) is 5.02 Å². The highest BCUT2D eigenvalue weighted by molar-refractivity contribution is 7.16. The number of halogens is 2. The first kappa shape index (κ1) is 15.0.